The third-order valence-electron chi connectivity index (χ3n) is 5.06. The molecule has 0 atom stereocenters. The molecule has 2 amide bonds. The van der Waals surface area contributed by atoms with Crippen molar-refractivity contribution in [3.63, 3.8) is 0 Å². The van der Waals surface area contributed by atoms with Crippen LogP contribution in [0.2, 0.25) is 5.02 Å². The van der Waals surface area contributed by atoms with Crippen molar-refractivity contribution in [2.45, 2.75) is 37.6 Å². The molecule has 0 saturated carbocycles. The summed E-state index contributed by atoms with van der Waals surface area (Å²) in [6.45, 7) is 4.96. The van der Waals surface area contributed by atoms with E-state index >= 15 is 0 Å². The molecule has 5 nitrogen and oxygen atoms in total. The highest BCUT2D eigenvalue weighted by molar-refractivity contribution is 7.80. The van der Waals surface area contributed by atoms with Crippen molar-refractivity contribution in [2.24, 2.45) is 0 Å². The molecule has 0 radical (unpaired) electrons. The van der Waals surface area contributed by atoms with E-state index in [0.717, 1.165) is 11.1 Å². The Morgan fingerprint density at radius 2 is 1.79 bits per heavy atom. The predicted octanol–water partition coefficient (Wildman–Crippen LogP) is 4.05. The van der Waals surface area contributed by atoms with Crippen LogP contribution in [0.3, 0.4) is 0 Å². The summed E-state index contributed by atoms with van der Waals surface area (Å²) in [5.41, 5.74) is 2.45. The Labute approximate surface area is 181 Å². The molecule has 3 rings (SSSR count). The second-order valence-corrected chi connectivity index (χ2v) is 8.17. The van der Waals surface area contributed by atoms with Crippen molar-refractivity contribution >= 4 is 36.0 Å². The zero-order valence-corrected chi connectivity index (χ0v) is 18.2. The molecule has 7 heteroatoms. The van der Waals surface area contributed by atoms with Crippen LogP contribution in [-0.2, 0) is 4.79 Å². The van der Waals surface area contributed by atoms with E-state index in [1.807, 2.05) is 49.1 Å². The zero-order valence-electron chi connectivity index (χ0n) is 16.6. The fraction of sp³-hybridized carbons (Fsp3) is 0.364. The molecular formula is C22H25ClN2O3S. The molecule has 0 unspecified atom stereocenters. The van der Waals surface area contributed by atoms with Gasteiger partial charge in [-0.2, -0.15) is 0 Å². The van der Waals surface area contributed by atoms with E-state index in [-0.39, 0.29) is 24.5 Å². The van der Waals surface area contributed by atoms with Crippen molar-refractivity contribution in [1.82, 2.24) is 10.2 Å². The number of carbonyl (C=O) groups excluding carboxylic acids is 2. The molecule has 0 bridgehead atoms. The van der Waals surface area contributed by atoms with Gasteiger partial charge < -0.3 is 15.0 Å². The molecule has 2 aromatic rings. The van der Waals surface area contributed by atoms with Gasteiger partial charge in [0.05, 0.1) is 5.56 Å². The highest BCUT2D eigenvalue weighted by Crippen LogP contribution is 2.26. The molecule has 1 aliphatic heterocycles. The minimum atomic E-state index is -0.166. The van der Waals surface area contributed by atoms with Crippen LogP contribution in [0.1, 0.15) is 34.3 Å². The summed E-state index contributed by atoms with van der Waals surface area (Å²) >= 11 is 10.5. The summed E-state index contributed by atoms with van der Waals surface area (Å²) in [7, 11) is 0. The van der Waals surface area contributed by atoms with Crippen LogP contribution in [-0.4, -0.2) is 42.5 Å². The minimum absolute atomic E-state index is 0.0165. The lowest BCUT2D eigenvalue weighted by atomic mass is 10.0. The van der Waals surface area contributed by atoms with Crippen molar-refractivity contribution in [3.05, 3.63) is 58.1 Å². The summed E-state index contributed by atoms with van der Waals surface area (Å²) < 4.78 is 5.61. The topological polar surface area (TPSA) is 58.6 Å². The monoisotopic (exact) mass is 432 g/mol. The van der Waals surface area contributed by atoms with Crippen molar-refractivity contribution < 1.29 is 14.3 Å². The number of nitrogens with zero attached hydrogens (tertiary/aromatic N) is 1. The van der Waals surface area contributed by atoms with Crippen molar-refractivity contribution in [2.75, 3.05) is 19.7 Å². The van der Waals surface area contributed by atoms with Gasteiger partial charge in [-0.15, -0.1) is 12.6 Å². The van der Waals surface area contributed by atoms with E-state index in [4.69, 9.17) is 16.3 Å². The van der Waals surface area contributed by atoms with Crippen LogP contribution in [0.5, 0.6) is 5.75 Å². The minimum Gasteiger partial charge on any atom is -0.484 e. The van der Waals surface area contributed by atoms with Gasteiger partial charge in [-0.1, -0.05) is 23.7 Å². The van der Waals surface area contributed by atoms with Gasteiger partial charge >= 0.3 is 0 Å². The molecule has 1 N–H and O–H groups in total. The highest BCUT2D eigenvalue weighted by Gasteiger charge is 2.25. The number of ether oxygens (including phenoxy) is 1. The van der Waals surface area contributed by atoms with Crippen LogP contribution in [0, 0.1) is 13.8 Å². The fourth-order valence-electron chi connectivity index (χ4n) is 3.46. The van der Waals surface area contributed by atoms with Crippen LogP contribution in [0.25, 0.3) is 0 Å². The summed E-state index contributed by atoms with van der Waals surface area (Å²) in [6.07, 6.45) is 1.43. The average molecular weight is 433 g/mol. The first-order chi connectivity index (χ1) is 13.8. The Kier molecular flexibility index (Phi) is 7.09. The number of hydrogen-bond acceptors (Lipinski definition) is 4. The Hall–Kier alpha value is -2.18. The van der Waals surface area contributed by atoms with Crippen LogP contribution < -0.4 is 10.1 Å². The number of thiol groups is 1. The molecule has 0 aromatic heterocycles. The Morgan fingerprint density at radius 3 is 2.41 bits per heavy atom. The molecule has 1 heterocycles. The number of aryl methyl sites for hydroxylation is 2. The lowest BCUT2D eigenvalue weighted by Gasteiger charge is -2.32. The largest absolute Gasteiger partial charge is 0.484 e. The van der Waals surface area contributed by atoms with Gasteiger partial charge in [-0.05, 0) is 62.1 Å². The lowest BCUT2D eigenvalue weighted by Crippen LogP contribution is -2.47. The second kappa shape index (κ2) is 9.55. The first-order valence-corrected chi connectivity index (χ1v) is 10.4. The Morgan fingerprint density at radius 1 is 1.17 bits per heavy atom. The van der Waals surface area contributed by atoms with Gasteiger partial charge in [0.25, 0.3) is 11.8 Å². The number of hydrogen-bond donors (Lipinski definition) is 2. The fourth-order valence-corrected chi connectivity index (χ4v) is 3.82. The van der Waals surface area contributed by atoms with Gasteiger partial charge in [-0.3, -0.25) is 9.59 Å². The normalized spacial score (nSPS) is 14.6. The summed E-state index contributed by atoms with van der Waals surface area (Å²) in [5.74, 6) is 0.448. The SMILES string of the molecule is Cc1cc(OCC(=O)NC2CCN(C(=O)c3ccccc3S)CC2)cc(C)c1Cl. The third-order valence-corrected chi connectivity index (χ3v) is 6.05. The van der Waals surface area contributed by atoms with Crippen molar-refractivity contribution in [3.8, 4) is 5.75 Å². The first-order valence-electron chi connectivity index (χ1n) is 9.61. The summed E-state index contributed by atoms with van der Waals surface area (Å²) in [5, 5.41) is 3.71. The summed E-state index contributed by atoms with van der Waals surface area (Å²) in [6, 6.07) is 11.0. The first kappa shape index (κ1) is 21.5. The number of rotatable bonds is 5. The van der Waals surface area contributed by atoms with E-state index in [2.05, 4.69) is 17.9 Å². The van der Waals surface area contributed by atoms with Crippen LogP contribution >= 0.6 is 24.2 Å². The van der Waals surface area contributed by atoms with Gasteiger partial charge in [0, 0.05) is 29.0 Å². The molecule has 1 aliphatic rings. The summed E-state index contributed by atoms with van der Waals surface area (Å²) in [4.78, 5) is 27.4. The van der Waals surface area contributed by atoms with E-state index in [0.29, 0.717) is 47.2 Å². The lowest BCUT2D eigenvalue weighted by molar-refractivity contribution is -0.124. The van der Waals surface area contributed by atoms with E-state index in [9.17, 15) is 9.59 Å². The number of nitrogens with one attached hydrogen (secondary N) is 1. The zero-order chi connectivity index (χ0) is 21.0. The molecule has 2 aromatic carbocycles. The molecule has 29 heavy (non-hydrogen) atoms. The standard InChI is InChI=1S/C22H25ClN2O3S/c1-14-11-17(12-15(2)21(14)23)28-13-20(26)24-16-7-9-25(10-8-16)22(27)18-5-3-4-6-19(18)29/h3-6,11-12,16,29H,7-10,13H2,1-2H3,(H,24,26). The maximum absolute atomic E-state index is 12.6. The molecule has 0 aliphatic carbocycles. The van der Waals surface area contributed by atoms with E-state index in [1.54, 1.807) is 6.07 Å². The van der Waals surface area contributed by atoms with Gasteiger partial charge in [0.1, 0.15) is 5.75 Å². The predicted molar refractivity (Wildman–Crippen MR) is 117 cm³/mol. The maximum atomic E-state index is 12.6. The average Bonchev–Trinajstić information content (AvgIpc) is 2.71. The Balaban J connectivity index is 1.46. The second-order valence-electron chi connectivity index (χ2n) is 7.31. The van der Waals surface area contributed by atoms with Gasteiger partial charge in [0.15, 0.2) is 6.61 Å². The Bertz CT molecular complexity index is 888. The van der Waals surface area contributed by atoms with Crippen LogP contribution in [0.4, 0.5) is 0 Å². The number of carbonyl (C=O) groups is 2. The molecule has 1 saturated heterocycles. The van der Waals surface area contributed by atoms with Gasteiger partial charge in [0.2, 0.25) is 0 Å². The molecule has 1 fully saturated rings. The molecule has 154 valence electrons. The van der Waals surface area contributed by atoms with Crippen LogP contribution in [0.15, 0.2) is 41.3 Å². The quantitative estimate of drug-likeness (QED) is 0.701. The number of likely N-dealkylation sites (tertiary alicyclic amines) is 1. The third kappa shape index (κ3) is 5.46. The van der Waals surface area contributed by atoms with Crippen molar-refractivity contribution in [1.29, 1.82) is 0 Å². The molecular weight excluding hydrogens is 408 g/mol. The number of piperidine rings is 1. The van der Waals surface area contributed by atoms with E-state index < -0.39 is 0 Å². The number of halogens is 1. The number of amides is 2. The maximum Gasteiger partial charge on any atom is 0.258 e. The number of benzene rings is 2. The van der Waals surface area contributed by atoms with E-state index in [1.165, 1.54) is 0 Å². The molecule has 0 spiro atoms. The highest BCUT2D eigenvalue weighted by atomic mass is 35.5. The van der Waals surface area contributed by atoms with Gasteiger partial charge in [-0.25, -0.2) is 0 Å². The smallest absolute Gasteiger partial charge is 0.258 e.